The second-order valence-corrected chi connectivity index (χ2v) is 4.17. The largest absolute Gasteiger partial charge is 0.460 e. The summed E-state index contributed by atoms with van der Waals surface area (Å²) in [6.45, 7) is 11.5. The predicted octanol–water partition coefficient (Wildman–Crippen LogP) is 2.27. The Morgan fingerprint density at radius 3 is 2.06 bits per heavy atom. The predicted molar refractivity (Wildman–Crippen MR) is 65.1 cm³/mol. The summed E-state index contributed by atoms with van der Waals surface area (Å²) in [5.41, 5.74) is -0.426. The number of amides is 1. The fraction of sp³-hybridized carbons (Fsp3) is 0.833. The van der Waals surface area contributed by atoms with Gasteiger partial charge in [-0.05, 0) is 27.2 Å². The highest BCUT2D eigenvalue weighted by atomic mass is 16.6. The van der Waals surface area contributed by atoms with Crippen LogP contribution in [0.5, 0.6) is 0 Å². The van der Waals surface area contributed by atoms with Gasteiger partial charge in [-0.25, -0.2) is 0 Å². The third kappa shape index (κ3) is 15.4. The summed E-state index contributed by atoms with van der Waals surface area (Å²) >= 11 is 0. The summed E-state index contributed by atoms with van der Waals surface area (Å²) in [4.78, 5) is 21.7. The van der Waals surface area contributed by atoms with Crippen LogP contribution in [0.4, 0.5) is 0 Å². The lowest BCUT2D eigenvalue weighted by atomic mass is 10.2. The summed E-state index contributed by atoms with van der Waals surface area (Å²) < 4.78 is 5.09. The molecule has 0 rings (SSSR count). The first-order valence-corrected chi connectivity index (χ1v) is 5.77. The molecule has 16 heavy (non-hydrogen) atoms. The molecule has 0 atom stereocenters. The molecule has 0 aromatic heterocycles. The minimum absolute atomic E-state index is 0.0748. The molecule has 0 aromatic rings. The monoisotopic (exact) mass is 231 g/mol. The molecule has 0 spiro atoms. The zero-order valence-electron chi connectivity index (χ0n) is 11.3. The van der Waals surface area contributed by atoms with Crippen molar-refractivity contribution >= 4 is 11.9 Å². The van der Waals surface area contributed by atoms with E-state index in [1.807, 2.05) is 34.6 Å². The Hall–Kier alpha value is -1.06. The molecule has 1 N–H and O–H groups in total. The molecular formula is C12H25NO3. The van der Waals surface area contributed by atoms with E-state index in [4.69, 9.17) is 4.74 Å². The molecule has 0 radical (unpaired) electrons. The van der Waals surface area contributed by atoms with Crippen molar-refractivity contribution in [3.8, 4) is 0 Å². The Balaban J connectivity index is 0. The maximum Gasteiger partial charge on any atom is 0.306 e. The number of carbonyl (C=O) groups is 2. The molecule has 0 heterocycles. The van der Waals surface area contributed by atoms with Crippen LogP contribution < -0.4 is 5.32 Å². The van der Waals surface area contributed by atoms with Gasteiger partial charge < -0.3 is 10.1 Å². The Bertz CT molecular complexity index is 207. The molecule has 0 fully saturated rings. The van der Waals surface area contributed by atoms with Crippen LogP contribution in [-0.4, -0.2) is 24.0 Å². The van der Waals surface area contributed by atoms with Gasteiger partial charge in [-0.3, -0.25) is 9.59 Å². The zero-order valence-corrected chi connectivity index (χ0v) is 11.3. The van der Waals surface area contributed by atoms with E-state index in [-0.39, 0.29) is 11.9 Å². The number of hydrogen-bond acceptors (Lipinski definition) is 3. The van der Waals surface area contributed by atoms with Crippen molar-refractivity contribution in [1.82, 2.24) is 5.32 Å². The number of hydrogen-bond donors (Lipinski definition) is 1. The number of esters is 1. The third-order valence-electron chi connectivity index (χ3n) is 1.35. The summed E-state index contributed by atoms with van der Waals surface area (Å²) in [5.74, 6) is -0.294. The van der Waals surface area contributed by atoms with Crippen LogP contribution in [-0.2, 0) is 14.3 Å². The molecule has 4 heteroatoms. The highest BCUT2D eigenvalue weighted by Crippen LogP contribution is 2.08. The van der Waals surface area contributed by atoms with E-state index in [0.717, 1.165) is 0 Å². The SMILES string of the molecule is CC.CC(=O)NCCCC(=O)OC(C)(C)C. The van der Waals surface area contributed by atoms with Crippen LogP contribution >= 0.6 is 0 Å². The number of ether oxygens (including phenoxy) is 1. The van der Waals surface area contributed by atoms with Crippen molar-refractivity contribution in [2.24, 2.45) is 0 Å². The second kappa shape index (κ2) is 9.19. The van der Waals surface area contributed by atoms with E-state index in [2.05, 4.69) is 5.32 Å². The molecule has 0 aromatic carbocycles. The third-order valence-corrected chi connectivity index (χ3v) is 1.35. The molecule has 0 saturated carbocycles. The Morgan fingerprint density at radius 1 is 1.19 bits per heavy atom. The van der Waals surface area contributed by atoms with E-state index in [1.165, 1.54) is 6.92 Å². The summed E-state index contributed by atoms with van der Waals surface area (Å²) in [6, 6.07) is 0. The molecule has 0 bridgehead atoms. The van der Waals surface area contributed by atoms with E-state index < -0.39 is 5.60 Å². The lowest BCUT2D eigenvalue weighted by Gasteiger charge is -2.19. The topological polar surface area (TPSA) is 55.4 Å². The molecule has 4 nitrogen and oxygen atoms in total. The number of nitrogens with one attached hydrogen (secondary N) is 1. The Labute approximate surface area is 98.7 Å². The molecular weight excluding hydrogens is 206 g/mol. The second-order valence-electron chi connectivity index (χ2n) is 4.17. The number of rotatable bonds is 4. The normalized spacial score (nSPS) is 9.88. The van der Waals surface area contributed by atoms with Crippen LogP contribution in [0.1, 0.15) is 54.4 Å². The fourth-order valence-corrected chi connectivity index (χ4v) is 0.890. The van der Waals surface area contributed by atoms with Crippen LogP contribution in [0.3, 0.4) is 0 Å². The highest BCUT2D eigenvalue weighted by Gasteiger charge is 2.15. The molecule has 96 valence electrons. The summed E-state index contributed by atoms with van der Waals surface area (Å²) in [7, 11) is 0. The zero-order chi connectivity index (χ0) is 13.2. The quantitative estimate of drug-likeness (QED) is 0.596. The summed E-state index contributed by atoms with van der Waals surface area (Å²) in [5, 5.41) is 2.62. The van der Waals surface area contributed by atoms with Crippen molar-refractivity contribution in [3.05, 3.63) is 0 Å². The first-order valence-electron chi connectivity index (χ1n) is 5.77. The molecule has 1 amide bonds. The highest BCUT2D eigenvalue weighted by molar-refractivity contribution is 5.73. The lowest BCUT2D eigenvalue weighted by molar-refractivity contribution is -0.155. The van der Waals surface area contributed by atoms with E-state index in [1.54, 1.807) is 0 Å². The molecule has 0 aliphatic carbocycles. The van der Waals surface area contributed by atoms with Gasteiger partial charge in [-0.2, -0.15) is 0 Å². The standard InChI is InChI=1S/C10H19NO3.C2H6/c1-8(12)11-7-5-6-9(13)14-10(2,3)4;1-2/h5-7H2,1-4H3,(H,11,12);1-2H3. The van der Waals surface area contributed by atoms with Crippen LogP contribution in [0.2, 0.25) is 0 Å². The minimum atomic E-state index is -0.426. The van der Waals surface area contributed by atoms with Crippen LogP contribution in [0.25, 0.3) is 0 Å². The van der Waals surface area contributed by atoms with E-state index in [0.29, 0.717) is 19.4 Å². The van der Waals surface area contributed by atoms with Crippen LogP contribution in [0.15, 0.2) is 0 Å². The molecule has 0 aliphatic heterocycles. The van der Waals surface area contributed by atoms with Crippen molar-refractivity contribution in [2.75, 3.05) is 6.54 Å². The van der Waals surface area contributed by atoms with Crippen molar-refractivity contribution in [2.45, 2.75) is 60.0 Å². The first-order chi connectivity index (χ1) is 7.31. The lowest BCUT2D eigenvalue weighted by Crippen LogP contribution is -2.25. The van der Waals surface area contributed by atoms with Crippen molar-refractivity contribution in [1.29, 1.82) is 0 Å². The van der Waals surface area contributed by atoms with Gasteiger partial charge in [0.2, 0.25) is 5.91 Å². The number of carbonyl (C=O) groups excluding carboxylic acids is 2. The summed E-state index contributed by atoms with van der Waals surface area (Å²) in [6.07, 6.45) is 0.964. The van der Waals surface area contributed by atoms with E-state index >= 15 is 0 Å². The van der Waals surface area contributed by atoms with Gasteiger partial charge >= 0.3 is 5.97 Å². The smallest absolute Gasteiger partial charge is 0.306 e. The van der Waals surface area contributed by atoms with Gasteiger partial charge in [0.15, 0.2) is 0 Å². The van der Waals surface area contributed by atoms with Gasteiger partial charge in [0, 0.05) is 19.9 Å². The fourth-order valence-electron chi connectivity index (χ4n) is 0.890. The van der Waals surface area contributed by atoms with Gasteiger partial charge in [0.05, 0.1) is 0 Å². The molecule has 0 aliphatic rings. The van der Waals surface area contributed by atoms with Gasteiger partial charge in [-0.1, -0.05) is 13.8 Å². The van der Waals surface area contributed by atoms with Crippen molar-refractivity contribution in [3.63, 3.8) is 0 Å². The maximum atomic E-state index is 11.2. The average molecular weight is 231 g/mol. The van der Waals surface area contributed by atoms with Gasteiger partial charge in [0.25, 0.3) is 0 Å². The van der Waals surface area contributed by atoms with E-state index in [9.17, 15) is 9.59 Å². The van der Waals surface area contributed by atoms with Gasteiger partial charge in [-0.15, -0.1) is 0 Å². The average Bonchev–Trinajstić information content (AvgIpc) is 2.13. The maximum absolute atomic E-state index is 11.2. The van der Waals surface area contributed by atoms with Gasteiger partial charge in [0.1, 0.15) is 5.60 Å². The minimum Gasteiger partial charge on any atom is -0.460 e. The first kappa shape index (κ1) is 17.3. The van der Waals surface area contributed by atoms with Crippen molar-refractivity contribution < 1.29 is 14.3 Å². The Kier molecular flexibility index (Phi) is 9.96. The van der Waals surface area contributed by atoms with Crippen LogP contribution in [0, 0.1) is 0 Å². The Morgan fingerprint density at radius 2 is 1.69 bits per heavy atom. The molecule has 0 unspecified atom stereocenters. The molecule has 0 saturated heterocycles.